The van der Waals surface area contributed by atoms with Gasteiger partial charge in [0, 0.05) is 16.9 Å². The van der Waals surface area contributed by atoms with Gasteiger partial charge in [0.2, 0.25) is 0 Å². The van der Waals surface area contributed by atoms with Crippen LogP contribution < -0.4 is 0 Å². The first-order valence-electron chi connectivity index (χ1n) is 7.11. The summed E-state index contributed by atoms with van der Waals surface area (Å²) >= 11 is 0. The molecule has 1 nitrogen and oxygen atoms in total. The Morgan fingerprint density at radius 2 is 2.06 bits per heavy atom. The van der Waals surface area contributed by atoms with E-state index in [9.17, 15) is 0 Å². The third-order valence-corrected chi connectivity index (χ3v) is 5.25. The lowest BCUT2D eigenvalue weighted by molar-refractivity contribution is 0.302. The highest BCUT2D eigenvalue weighted by molar-refractivity contribution is 5.89. The molecule has 1 aromatic heterocycles. The summed E-state index contributed by atoms with van der Waals surface area (Å²) in [6.45, 7) is 0. The molecule has 0 radical (unpaired) electrons. The fraction of sp³-hybridized carbons (Fsp3) is 0.412. The number of furan rings is 1. The van der Waals surface area contributed by atoms with Crippen molar-refractivity contribution >= 4 is 17.0 Å². The van der Waals surface area contributed by atoms with Crippen LogP contribution in [0.2, 0.25) is 0 Å². The highest BCUT2D eigenvalue weighted by atomic mass is 16.3. The van der Waals surface area contributed by atoms with Crippen LogP contribution in [-0.4, -0.2) is 0 Å². The van der Waals surface area contributed by atoms with Crippen molar-refractivity contribution < 1.29 is 4.42 Å². The van der Waals surface area contributed by atoms with E-state index in [-0.39, 0.29) is 0 Å². The number of fused-ring (bicyclic) bond motifs is 7. The molecule has 90 valence electrons. The Kier molecular flexibility index (Phi) is 1.62. The highest BCUT2D eigenvalue weighted by Gasteiger charge is 2.51. The van der Waals surface area contributed by atoms with Crippen LogP contribution in [0.1, 0.15) is 36.5 Å². The zero-order valence-corrected chi connectivity index (χ0v) is 10.3. The molecule has 0 spiro atoms. The van der Waals surface area contributed by atoms with Gasteiger partial charge >= 0.3 is 0 Å². The van der Waals surface area contributed by atoms with Crippen LogP contribution in [0.4, 0.5) is 0 Å². The quantitative estimate of drug-likeness (QED) is 0.652. The zero-order chi connectivity index (χ0) is 11.7. The number of para-hydroxylation sites is 1. The van der Waals surface area contributed by atoms with E-state index in [1.165, 1.54) is 36.0 Å². The van der Waals surface area contributed by atoms with E-state index in [0.29, 0.717) is 5.92 Å². The van der Waals surface area contributed by atoms with Crippen LogP contribution in [0, 0.1) is 17.8 Å². The largest absolute Gasteiger partial charge is 0.460 e. The van der Waals surface area contributed by atoms with Gasteiger partial charge in [0.25, 0.3) is 0 Å². The molecule has 1 aromatic carbocycles. The maximum absolute atomic E-state index is 6.21. The molecule has 18 heavy (non-hydrogen) atoms. The van der Waals surface area contributed by atoms with Crippen molar-refractivity contribution in [2.75, 3.05) is 0 Å². The van der Waals surface area contributed by atoms with E-state index >= 15 is 0 Å². The molecular weight excluding hydrogens is 220 g/mol. The lowest BCUT2D eigenvalue weighted by atomic mass is 9.74. The fourth-order valence-electron chi connectivity index (χ4n) is 4.27. The molecule has 2 aromatic rings. The minimum Gasteiger partial charge on any atom is -0.460 e. The van der Waals surface area contributed by atoms with Gasteiger partial charge in [-0.25, -0.2) is 0 Å². The van der Waals surface area contributed by atoms with Crippen LogP contribution in [0.15, 0.2) is 34.8 Å². The molecule has 0 amide bonds. The molecule has 0 aliphatic heterocycles. The molecule has 4 unspecified atom stereocenters. The molecule has 0 N–H and O–H groups in total. The molecule has 3 aliphatic rings. The summed E-state index contributed by atoms with van der Waals surface area (Å²) in [6, 6.07) is 8.47. The Bertz CT molecular complexity index is 663. The first-order valence-corrected chi connectivity index (χ1v) is 7.11. The zero-order valence-electron chi connectivity index (χ0n) is 10.3. The summed E-state index contributed by atoms with van der Waals surface area (Å²) in [5, 5.41) is 1.30. The van der Waals surface area contributed by atoms with Crippen molar-refractivity contribution in [2.45, 2.75) is 25.2 Å². The van der Waals surface area contributed by atoms with Crippen LogP contribution in [0.3, 0.4) is 0 Å². The first-order chi connectivity index (χ1) is 8.92. The van der Waals surface area contributed by atoms with E-state index in [1.807, 2.05) is 0 Å². The molecule has 0 saturated heterocycles. The second kappa shape index (κ2) is 3.09. The van der Waals surface area contributed by atoms with Gasteiger partial charge in [0.15, 0.2) is 0 Å². The smallest absolute Gasteiger partial charge is 0.134 e. The SMILES string of the molecule is C1=CC2CCC3CC3C2c2oc3ccccc3c21. The maximum atomic E-state index is 6.21. The Morgan fingerprint density at radius 1 is 1.11 bits per heavy atom. The van der Waals surface area contributed by atoms with Gasteiger partial charge < -0.3 is 4.42 Å². The van der Waals surface area contributed by atoms with Crippen LogP contribution >= 0.6 is 0 Å². The third-order valence-electron chi connectivity index (χ3n) is 5.25. The summed E-state index contributed by atoms with van der Waals surface area (Å²) in [7, 11) is 0. The van der Waals surface area contributed by atoms with E-state index < -0.39 is 0 Å². The van der Waals surface area contributed by atoms with Crippen molar-refractivity contribution in [3.63, 3.8) is 0 Å². The number of benzene rings is 1. The van der Waals surface area contributed by atoms with Gasteiger partial charge in [-0.05, 0) is 43.1 Å². The van der Waals surface area contributed by atoms with Crippen molar-refractivity contribution in [1.29, 1.82) is 0 Å². The summed E-state index contributed by atoms with van der Waals surface area (Å²) in [5.41, 5.74) is 2.43. The molecule has 2 saturated carbocycles. The van der Waals surface area contributed by atoms with Crippen LogP contribution in [0.25, 0.3) is 17.0 Å². The number of hydrogen-bond donors (Lipinski definition) is 0. The minimum absolute atomic E-state index is 0.677. The highest BCUT2D eigenvalue weighted by Crippen LogP contribution is 2.61. The number of rotatable bonds is 0. The van der Waals surface area contributed by atoms with E-state index in [4.69, 9.17) is 4.42 Å². The van der Waals surface area contributed by atoms with Gasteiger partial charge in [0.05, 0.1) is 0 Å². The van der Waals surface area contributed by atoms with E-state index in [1.54, 1.807) is 0 Å². The molecule has 3 aliphatic carbocycles. The monoisotopic (exact) mass is 236 g/mol. The third kappa shape index (κ3) is 1.08. The molecule has 1 heterocycles. The summed E-state index contributed by atoms with van der Waals surface area (Å²) in [5.74, 6) is 4.61. The normalized spacial score (nSPS) is 36.0. The lowest BCUT2D eigenvalue weighted by Gasteiger charge is -2.30. The lowest BCUT2D eigenvalue weighted by Crippen LogP contribution is -2.20. The maximum Gasteiger partial charge on any atom is 0.134 e. The Morgan fingerprint density at radius 3 is 3.06 bits per heavy atom. The topological polar surface area (TPSA) is 13.1 Å². The van der Waals surface area contributed by atoms with Gasteiger partial charge in [-0.2, -0.15) is 0 Å². The van der Waals surface area contributed by atoms with Crippen molar-refractivity contribution in [1.82, 2.24) is 0 Å². The molecule has 0 bridgehead atoms. The van der Waals surface area contributed by atoms with Crippen LogP contribution in [0.5, 0.6) is 0 Å². The number of allylic oxidation sites excluding steroid dienone is 1. The van der Waals surface area contributed by atoms with E-state index in [2.05, 4.69) is 36.4 Å². The molecule has 5 rings (SSSR count). The molecule has 1 heteroatoms. The Labute approximate surface area is 106 Å². The molecular formula is C17H16O. The fourth-order valence-corrected chi connectivity index (χ4v) is 4.27. The summed E-state index contributed by atoms with van der Waals surface area (Å²) in [4.78, 5) is 0. The second-order valence-electron chi connectivity index (χ2n) is 6.16. The van der Waals surface area contributed by atoms with Gasteiger partial charge in [-0.1, -0.05) is 30.4 Å². The average molecular weight is 236 g/mol. The predicted molar refractivity (Wildman–Crippen MR) is 72.3 cm³/mol. The minimum atomic E-state index is 0.677. The Balaban J connectivity index is 1.76. The van der Waals surface area contributed by atoms with Crippen molar-refractivity contribution in [2.24, 2.45) is 17.8 Å². The van der Waals surface area contributed by atoms with Crippen molar-refractivity contribution in [3.8, 4) is 0 Å². The standard InChI is InChI=1S/C17H16O/c1-2-4-15-12(3-1)13-8-7-10-5-6-11-9-14(11)16(10)17(13)18-15/h1-4,7-8,10-11,14,16H,5-6,9H2. The molecule has 2 fully saturated rings. The van der Waals surface area contributed by atoms with Gasteiger partial charge in [0.1, 0.15) is 11.3 Å². The van der Waals surface area contributed by atoms with Crippen LogP contribution in [-0.2, 0) is 0 Å². The summed E-state index contributed by atoms with van der Waals surface area (Å²) < 4.78 is 6.21. The van der Waals surface area contributed by atoms with Gasteiger partial charge in [-0.3, -0.25) is 0 Å². The van der Waals surface area contributed by atoms with Crippen molar-refractivity contribution in [3.05, 3.63) is 41.7 Å². The summed E-state index contributed by atoms with van der Waals surface area (Å²) in [6.07, 6.45) is 8.99. The average Bonchev–Trinajstić information content (AvgIpc) is 3.11. The Hall–Kier alpha value is -1.50. The first kappa shape index (κ1) is 9.43. The number of hydrogen-bond acceptors (Lipinski definition) is 1. The van der Waals surface area contributed by atoms with Gasteiger partial charge in [-0.15, -0.1) is 0 Å². The second-order valence-corrected chi connectivity index (χ2v) is 6.16. The van der Waals surface area contributed by atoms with E-state index in [0.717, 1.165) is 23.3 Å². The predicted octanol–water partition coefficient (Wildman–Crippen LogP) is 4.59. The molecule has 4 atom stereocenters.